The number of benzene rings is 1. The molecule has 0 aliphatic carbocycles. The molecular weight excluding hydrogens is 454 g/mol. The molecule has 9 heteroatoms. The van der Waals surface area contributed by atoms with Gasteiger partial charge in [0.15, 0.2) is 11.4 Å². The molecule has 1 N–H and O–H groups in total. The highest BCUT2D eigenvalue weighted by Crippen LogP contribution is 2.37. The minimum absolute atomic E-state index is 0.0462. The first kappa shape index (κ1) is 25.4. The fourth-order valence-corrected chi connectivity index (χ4v) is 4.39. The van der Waals surface area contributed by atoms with Crippen molar-refractivity contribution in [3.63, 3.8) is 0 Å². The molecule has 4 rings (SSSR count). The first-order chi connectivity index (χ1) is 17.1. The van der Waals surface area contributed by atoms with E-state index in [0.717, 1.165) is 33.6 Å². The second-order valence-electron chi connectivity index (χ2n) is 9.73. The van der Waals surface area contributed by atoms with Crippen molar-refractivity contribution in [3.8, 4) is 28.3 Å². The summed E-state index contributed by atoms with van der Waals surface area (Å²) < 4.78 is 7.26. The van der Waals surface area contributed by atoms with Gasteiger partial charge >= 0.3 is 0 Å². The number of nitrogens with zero attached hydrogens (tertiary/aromatic N) is 6. The maximum Gasteiger partial charge on any atom is 0.239 e. The minimum atomic E-state index is -0.178. The lowest BCUT2D eigenvalue weighted by Gasteiger charge is -2.30. The van der Waals surface area contributed by atoms with Crippen LogP contribution in [0.3, 0.4) is 0 Å². The van der Waals surface area contributed by atoms with Crippen molar-refractivity contribution in [3.05, 3.63) is 54.0 Å². The molecule has 1 amide bonds. The van der Waals surface area contributed by atoms with Crippen LogP contribution in [0.4, 0.5) is 0 Å². The summed E-state index contributed by atoms with van der Waals surface area (Å²) in [6.07, 6.45) is 3.44. The zero-order chi connectivity index (χ0) is 26.1. The third-order valence-electron chi connectivity index (χ3n) is 6.96. The Labute approximate surface area is 212 Å². The van der Waals surface area contributed by atoms with Gasteiger partial charge in [0, 0.05) is 29.9 Å². The van der Waals surface area contributed by atoms with Gasteiger partial charge in [0.25, 0.3) is 0 Å². The van der Waals surface area contributed by atoms with E-state index >= 15 is 0 Å². The first-order valence-corrected chi connectivity index (χ1v) is 12.1. The molecule has 9 nitrogen and oxygen atoms in total. The molecule has 2 unspecified atom stereocenters. The summed E-state index contributed by atoms with van der Waals surface area (Å²) in [5.74, 6) is 0.966. The molecule has 0 saturated carbocycles. The lowest BCUT2D eigenvalue weighted by Crippen LogP contribution is -2.43. The number of amides is 1. The summed E-state index contributed by atoms with van der Waals surface area (Å²) in [5, 5.41) is 12.2. The second kappa shape index (κ2) is 10.1. The van der Waals surface area contributed by atoms with E-state index < -0.39 is 0 Å². The molecule has 0 saturated heterocycles. The van der Waals surface area contributed by atoms with Crippen LogP contribution in [0, 0.1) is 0 Å². The number of carbonyl (C=O) groups is 1. The lowest BCUT2D eigenvalue weighted by atomic mass is 9.93. The summed E-state index contributed by atoms with van der Waals surface area (Å²) in [6, 6.07) is 10.0. The van der Waals surface area contributed by atoms with Crippen molar-refractivity contribution < 1.29 is 9.53 Å². The van der Waals surface area contributed by atoms with E-state index in [1.807, 2.05) is 45.2 Å². The molecule has 0 bridgehead atoms. The smallest absolute Gasteiger partial charge is 0.239 e. The van der Waals surface area contributed by atoms with Crippen LogP contribution >= 0.6 is 0 Å². The fourth-order valence-electron chi connectivity index (χ4n) is 4.39. The predicted molar refractivity (Wildman–Crippen MR) is 141 cm³/mol. The molecule has 36 heavy (non-hydrogen) atoms. The topological polar surface area (TPSA) is 91.7 Å². The standard InChI is InChI=1S/C27H35N7O2/c1-16(2)23-24(30-31-25(23)21-13-22(36-8)26-28-15-29-34(26)14-21)20-11-9-19(10-12-20)17(3)33(7)27(35)18(4)32(5)6/h9-18H,1-8H3,(H,30,31). The van der Waals surface area contributed by atoms with Crippen LogP contribution < -0.4 is 4.74 Å². The number of methoxy groups -OCH3 is 1. The van der Waals surface area contributed by atoms with Crippen LogP contribution in [-0.4, -0.2) is 74.8 Å². The monoisotopic (exact) mass is 489 g/mol. The number of fused-ring (bicyclic) bond motifs is 1. The average molecular weight is 490 g/mol. The Morgan fingerprint density at radius 2 is 1.75 bits per heavy atom. The normalized spacial score (nSPS) is 13.4. The minimum Gasteiger partial charge on any atom is -0.493 e. The Bertz CT molecular complexity index is 1350. The Morgan fingerprint density at radius 3 is 2.36 bits per heavy atom. The fraction of sp³-hybridized carbons (Fsp3) is 0.407. The Morgan fingerprint density at radius 1 is 1.06 bits per heavy atom. The molecule has 0 aliphatic heterocycles. The van der Waals surface area contributed by atoms with Gasteiger partial charge in [0.2, 0.25) is 5.91 Å². The predicted octanol–water partition coefficient (Wildman–Crippen LogP) is 4.39. The number of nitrogens with one attached hydrogen (secondary N) is 1. The molecule has 4 aromatic rings. The largest absolute Gasteiger partial charge is 0.493 e. The summed E-state index contributed by atoms with van der Waals surface area (Å²) in [6.45, 7) is 8.29. The van der Waals surface area contributed by atoms with Crippen molar-refractivity contribution >= 4 is 11.6 Å². The van der Waals surface area contributed by atoms with Gasteiger partial charge in [-0.25, -0.2) is 9.50 Å². The second-order valence-corrected chi connectivity index (χ2v) is 9.73. The highest BCUT2D eigenvalue weighted by molar-refractivity contribution is 5.81. The van der Waals surface area contributed by atoms with Crippen molar-refractivity contribution in [2.75, 3.05) is 28.3 Å². The number of pyridine rings is 1. The van der Waals surface area contributed by atoms with Gasteiger partial charge in [-0.05, 0) is 45.5 Å². The van der Waals surface area contributed by atoms with Crippen LogP contribution in [0.15, 0.2) is 42.9 Å². The molecule has 3 aromatic heterocycles. The van der Waals surface area contributed by atoms with E-state index in [9.17, 15) is 4.79 Å². The van der Waals surface area contributed by atoms with Crippen molar-refractivity contribution in [2.24, 2.45) is 0 Å². The number of ether oxygens (including phenoxy) is 1. The number of aromatic nitrogens is 5. The number of aromatic amines is 1. The highest BCUT2D eigenvalue weighted by Gasteiger charge is 2.25. The van der Waals surface area contributed by atoms with E-state index in [1.165, 1.54) is 6.33 Å². The molecule has 0 fully saturated rings. The quantitative estimate of drug-likeness (QED) is 0.395. The van der Waals surface area contributed by atoms with E-state index in [1.54, 1.807) is 16.5 Å². The number of likely N-dealkylation sites (N-methyl/N-ethyl adjacent to an activating group) is 2. The van der Waals surface area contributed by atoms with Gasteiger partial charge < -0.3 is 9.64 Å². The number of hydrogen-bond acceptors (Lipinski definition) is 6. The number of H-pyrrole nitrogens is 1. The van der Waals surface area contributed by atoms with Gasteiger partial charge in [-0.1, -0.05) is 38.1 Å². The van der Waals surface area contributed by atoms with Crippen molar-refractivity contribution in [1.82, 2.24) is 34.6 Å². The zero-order valence-electron chi connectivity index (χ0n) is 22.3. The molecule has 0 spiro atoms. The molecule has 0 radical (unpaired) electrons. The third kappa shape index (κ3) is 4.58. The molecule has 2 atom stereocenters. The van der Waals surface area contributed by atoms with Gasteiger partial charge in [-0.3, -0.25) is 14.8 Å². The Hall–Kier alpha value is -3.72. The maximum atomic E-state index is 12.8. The number of hydrogen-bond donors (Lipinski definition) is 1. The zero-order valence-corrected chi connectivity index (χ0v) is 22.3. The van der Waals surface area contributed by atoms with Gasteiger partial charge in [0.1, 0.15) is 6.33 Å². The van der Waals surface area contributed by atoms with Gasteiger partial charge in [-0.15, -0.1) is 0 Å². The van der Waals surface area contributed by atoms with E-state index in [0.29, 0.717) is 11.4 Å². The summed E-state index contributed by atoms with van der Waals surface area (Å²) in [7, 11) is 7.32. The van der Waals surface area contributed by atoms with Gasteiger partial charge in [-0.2, -0.15) is 10.2 Å². The lowest BCUT2D eigenvalue weighted by molar-refractivity contribution is -0.136. The van der Waals surface area contributed by atoms with Crippen molar-refractivity contribution in [1.29, 1.82) is 0 Å². The maximum absolute atomic E-state index is 12.8. The van der Waals surface area contributed by atoms with E-state index in [2.05, 4.69) is 60.2 Å². The molecule has 3 heterocycles. The van der Waals surface area contributed by atoms with Crippen LogP contribution in [0.25, 0.3) is 28.2 Å². The summed E-state index contributed by atoms with van der Waals surface area (Å²) in [5.41, 5.74) is 6.63. The molecular formula is C27H35N7O2. The number of rotatable bonds is 8. The molecule has 190 valence electrons. The number of carbonyl (C=O) groups excluding carboxylic acids is 1. The van der Waals surface area contributed by atoms with Crippen LogP contribution in [0.5, 0.6) is 5.75 Å². The SMILES string of the molecule is COc1cc(-c2[nH]nc(-c3ccc(C(C)N(C)C(=O)C(C)N(C)C)cc3)c2C(C)C)cn2ncnc12. The van der Waals surface area contributed by atoms with Crippen LogP contribution in [0.1, 0.15) is 50.8 Å². The Balaban J connectivity index is 1.67. The molecule has 1 aromatic carbocycles. The average Bonchev–Trinajstić information content (AvgIpc) is 3.53. The van der Waals surface area contributed by atoms with Crippen LogP contribution in [0.2, 0.25) is 0 Å². The molecule has 0 aliphatic rings. The Kier molecular flexibility index (Phi) is 7.12. The van der Waals surface area contributed by atoms with Crippen LogP contribution in [-0.2, 0) is 4.79 Å². The first-order valence-electron chi connectivity index (χ1n) is 12.1. The van der Waals surface area contributed by atoms with Crippen molar-refractivity contribution in [2.45, 2.75) is 45.7 Å². The van der Waals surface area contributed by atoms with E-state index in [4.69, 9.17) is 9.84 Å². The summed E-state index contributed by atoms with van der Waals surface area (Å²) >= 11 is 0. The van der Waals surface area contributed by atoms with E-state index in [-0.39, 0.29) is 23.9 Å². The third-order valence-corrected chi connectivity index (χ3v) is 6.96. The van der Waals surface area contributed by atoms with Gasteiger partial charge in [0.05, 0.1) is 30.6 Å². The summed E-state index contributed by atoms with van der Waals surface area (Å²) in [4.78, 5) is 20.8. The highest BCUT2D eigenvalue weighted by atomic mass is 16.5.